The number of carbonyl (C=O) groups excluding carboxylic acids is 3. The van der Waals surface area contributed by atoms with Crippen molar-refractivity contribution in [3.63, 3.8) is 0 Å². The SMILES string of the molecule is Cc1cccc(C(C(=O)NC(C)(C)C)N(C(=O)C(C)NC(=O)OC(C)(C)C)C(C)(C)C)c1C. The number of nitrogens with one attached hydrogen (secondary N) is 2. The normalized spacial score (nSPS) is 14.2. The first-order valence-corrected chi connectivity index (χ1v) is 11.5. The zero-order valence-corrected chi connectivity index (χ0v) is 22.5. The van der Waals surface area contributed by atoms with E-state index in [1.807, 2.05) is 73.6 Å². The topological polar surface area (TPSA) is 87.7 Å². The molecule has 0 bridgehead atoms. The molecule has 0 spiro atoms. The van der Waals surface area contributed by atoms with E-state index in [-0.39, 0.29) is 11.8 Å². The van der Waals surface area contributed by atoms with E-state index in [2.05, 4.69) is 10.6 Å². The van der Waals surface area contributed by atoms with E-state index in [1.165, 1.54) is 0 Å². The van der Waals surface area contributed by atoms with Crippen molar-refractivity contribution in [3.05, 3.63) is 34.9 Å². The van der Waals surface area contributed by atoms with Crippen LogP contribution in [0.25, 0.3) is 0 Å². The number of rotatable bonds is 5. The lowest BCUT2D eigenvalue weighted by molar-refractivity contribution is -0.148. The van der Waals surface area contributed by atoms with Gasteiger partial charge in [-0.2, -0.15) is 0 Å². The first kappa shape index (κ1) is 28.5. The minimum Gasteiger partial charge on any atom is -0.444 e. The summed E-state index contributed by atoms with van der Waals surface area (Å²) < 4.78 is 5.32. The summed E-state index contributed by atoms with van der Waals surface area (Å²) in [6.45, 7) is 22.2. The predicted octanol–water partition coefficient (Wildman–Crippen LogP) is 4.80. The van der Waals surface area contributed by atoms with E-state index < -0.39 is 34.9 Å². The zero-order valence-electron chi connectivity index (χ0n) is 22.5. The number of hydrogen-bond acceptors (Lipinski definition) is 4. The highest BCUT2D eigenvalue weighted by molar-refractivity contribution is 5.93. The van der Waals surface area contributed by atoms with E-state index in [4.69, 9.17) is 4.74 Å². The molecule has 7 nitrogen and oxygen atoms in total. The number of hydrogen-bond donors (Lipinski definition) is 2. The van der Waals surface area contributed by atoms with E-state index in [0.717, 1.165) is 16.7 Å². The van der Waals surface area contributed by atoms with Crippen LogP contribution in [-0.4, -0.2) is 45.5 Å². The Hall–Kier alpha value is -2.57. The molecule has 2 atom stereocenters. The summed E-state index contributed by atoms with van der Waals surface area (Å²) in [6.07, 6.45) is -0.681. The Bertz CT molecular complexity index is 873. The summed E-state index contributed by atoms with van der Waals surface area (Å²) >= 11 is 0. The van der Waals surface area contributed by atoms with Crippen LogP contribution in [0.3, 0.4) is 0 Å². The van der Waals surface area contributed by atoms with Gasteiger partial charge in [-0.25, -0.2) is 4.79 Å². The highest BCUT2D eigenvalue weighted by Gasteiger charge is 2.42. The fraction of sp³-hybridized carbons (Fsp3) is 0.654. The minimum absolute atomic E-state index is 0.274. The third-order valence-electron chi connectivity index (χ3n) is 5.01. The molecule has 0 radical (unpaired) electrons. The molecular formula is C26H43N3O4. The minimum atomic E-state index is -0.894. The number of benzene rings is 1. The van der Waals surface area contributed by atoms with Crippen molar-refractivity contribution in [2.24, 2.45) is 0 Å². The van der Waals surface area contributed by atoms with Crippen LogP contribution < -0.4 is 10.6 Å². The Balaban J connectivity index is 3.52. The van der Waals surface area contributed by atoms with Gasteiger partial charge >= 0.3 is 6.09 Å². The van der Waals surface area contributed by atoms with Crippen LogP contribution in [0.1, 0.15) is 92.0 Å². The van der Waals surface area contributed by atoms with Crippen LogP contribution >= 0.6 is 0 Å². The molecule has 186 valence electrons. The molecule has 0 aliphatic carbocycles. The van der Waals surface area contributed by atoms with E-state index >= 15 is 0 Å². The zero-order chi connectivity index (χ0) is 25.9. The first-order chi connectivity index (χ1) is 14.7. The van der Waals surface area contributed by atoms with E-state index in [9.17, 15) is 14.4 Å². The standard InChI is InChI=1S/C26H43N3O4/c1-16-14-13-15-19(17(16)2)20(21(30)28-24(4,5)6)29(25(7,8)9)22(31)18(3)27-23(32)33-26(10,11)12/h13-15,18,20H,1-12H3,(H,27,32)(H,28,30). The molecule has 0 aromatic heterocycles. The van der Waals surface area contributed by atoms with Crippen LogP contribution in [0.15, 0.2) is 18.2 Å². The number of alkyl carbamates (subject to hydrolysis) is 1. The monoisotopic (exact) mass is 461 g/mol. The molecule has 0 fully saturated rings. The van der Waals surface area contributed by atoms with Crippen molar-refractivity contribution < 1.29 is 19.1 Å². The number of amides is 3. The molecular weight excluding hydrogens is 418 g/mol. The molecule has 3 amide bonds. The highest BCUT2D eigenvalue weighted by Crippen LogP contribution is 2.33. The Morgan fingerprint density at radius 1 is 0.939 bits per heavy atom. The van der Waals surface area contributed by atoms with E-state index in [1.54, 1.807) is 32.6 Å². The van der Waals surface area contributed by atoms with Crippen molar-refractivity contribution >= 4 is 17.9 Å². The maximum atomic E-state index is 13.7. The summed E-state index contributed by atoms with van der Waals surface area (Å²) in [4.78, 5) is 41.3. The molecule has 1 aromatic carbocycles. The number of carbonyl (C=O) groups is 3. The summed E-state index contributed by atoms with van der Waals surface area (Å²) in [7, 11) is 0. The van der Waals surface area contributed by atoms with Gasteiger partial charge < -0.3 is 20.3 Å². The van der Waals surface area contributed by atoms with Gasteiger partial charge in [0.2, 0.25) is 11.8 Å². The molecule has 0 saturated carbocycles. The van der Waals surface area contributed by atoms with Crippen LogP contribution in [0.2, 0.25) is 0 Å². The van der Waals surface area contributed by atoms with Crippen LogP contribution in [0.5, 0.6) is 0 Å². The second kappa shape index (κ2) is 10.1. The second-order valence-corrected chi connectivity index (χ2v) is 11.7. The van der Waals surface area contributed by atoms with Gasteiger partial charge in [0.05, 0.1) is 0 Å². The average molecular weight is 462 g/mol. The number of nitrogens with zero attached hydrogens (tertiary/aromatic N) is 1. The van der Waals surface area contributed by atoms with Gasteiger partial charge in [0.1, 0.15) is 17.7 Å². The van der Waals surface area contributed by atoms with Gasteiger partial charge in [0.15, 0.2) is 0 Å². The molecule has 2 N–H and O–H groups in total. The Labute approximate surface area is 199 Å². The Morgan fingerprint density at radius 2 is 1.48 bits per heavy atom. The molecule has 33 heavy (non-hydrogen) atoms. The van der Waals surface area contributed by atoms with E-state index in [0.29, 0.717) is 0 Å². The second-order valence-electron chi connectivity index (χ2n) is 11.7. The molecule has 0 heterocycles. The number of aryl methyl sites for hydroxylation is 1. The lowest BCUT2D eigenvalue weighted by Crippen LogP contribution is -2.59. The fourth-order valence-corrected chi connectivity index (χ4v) is 3.51. The smallest absolute Gasteiger partial charge is 0.408 e. The Kier molecular flexibility index (Phi) is 8.75. The van der Waals surface area contributed by atoms with Crippen molar-refractivity contribution in [1.82, 2.24) is 15.5 Å². The molecule has 1 aromatic rings. The first-order valence-electron chi connectivity index (χ1n) is 11.5. The van der Waals surface area contributed by atoms with Crippen molar-refractivity contribution in [2.75, 3.05) is 0 Å². The lowest BCUT2D eigenvalue weighted by atomic mass is 9.91. The summed E-state index contributed by atoms with van der Waals surface area (Å²) in [6, 6.07) is 3.98. The van der Waals surface area contributed by atoms with Gasteiger partial charge in [-0.15, -0.1) is 0 Å². The molecule has 2 unspecified atom stereocenters. The maximum Gasteiger partial charge on any atom is 0.408 e. The predicted molar refractivity (Wildman–Crippen MR) is 132 cm³/mol. The van der Waals surface area contributed by atoms with Crippen LogP contribution in [0, 0.1) is 13.8 Å². The van der Waals surface area contributed by atoms with Crippen LogP contribution in [0.4, 0.5) is 4.79 Å². The average Bonchev–Trinajstić information content (AvgIpc) is 2.57. The largest absolute Gasteiger partial charge is 0.444 e. The van der Waals surface area contributed by atoms with Gasteiger partial charge in [0, 0.05) is 11.1 Å². The molecule has 7 heteroatoms. The fourth-order valence-electron chi connectivity index (χ4n) is 3.51. The van der Waals surface area contributed by atoms with Gasteiger partial charge in [-0.1, -0.05) is 18.2 Å². The van der Waals surface area contributed by atoms with Crippen molar-refractivity contribution in [3.8, 4) is 0 Å². The van der Waals surface area contributed by atoms with Crippen molar-refractivity contribution in [2.45, 2.75) is 112 Å². The number of ether oxygens (including phenoxy) is 1. The molecule has 0 aliphatic heterocycles. The summed E-state index contributed by atoms with van der Waals surface area (Å²) in [5, 5.41) is 5.66. The summed E-state index contributed by atoms with van der Waals surface area (Å²) in [5.41, 5.74) is 0.842. The lowest BCUT2D eigenvalue weighted by Gasteiger charge is -2.43. The quantitative estimate of drug-likeness (QED) is 0.659. The van der Waals surface area contributed by atoms with Gasteiger partial charge in [0.25, 0.3) is 0 Å². The summed E-state index contributed by atoms with van der Waals surface area (Å²) in [5.74, 6) is -0.646. The van der Waals surface area contributed by atoms with Gasteiger partial charge in [-0.05, 0) is 99.8 Å². The Morgan fingerprint density at radius 3 is 1.94 bits per heavy atom. The van der Waals surface area contributed by atoms with Crippen LogP contribution in [-0.2, 0) is 14.3 Å². The maximum absolute atomic E-state index is 13.7. The molecule has 1 rings (SSSR count). The molecule has 0 aliphatic rings. The third kappa shape index (κ3) is 8.37. The third-order valence-corrected chi connectivity index (χ3v) is 5.01. The van der Waals surface area contributed by atoms with Gasteiger partial charge in [-0.3, -0.25) is 9.59 Å². The highest BCUT2D eigenvalue weighted by atomic mass is 16.6. The molecule has 0 saturated heterocycles. The van der Waals surface area contributed by atoms with Crippen molar-refractivity contribution in [1.29, 1.82) is 0 Å².